The Kier molecular flexibility index (Phi) is 7.05. The molecule has 1 heterocycles. The second-order valence-electron chi connectivity index (χ2n) is 6.76. The number of ether oxygens (including phenoxy) is 2. The first kappa shape index (κ1) is 20.2. The molecule has 0 bridgehead atoms. The number of pyridine rings is 1. The van der Waals surface area contributed by atoms with Gasteiger partial charge in [-0.3, -0.25) is 0 Å². The van der Waals surface area contributed by atoms with Crippen LogP contribution in [0.5, 0.6) is 11.6 Å². The lowest BCUT2D eigenvalue weighted by Gasteiger charge is -2.11. The van der Waals surface area contributed by atoms with E-state index in [2.05, 4.69) is 15.3 Å². The van der Waals surface area contributed by atoms with Gasteiger partial charge in [0.1, 0.15) is 12.4 Å². The fourth-order valence-corrected chi connectivity index (χ4v) is 2.65. The normalized spacial score (nSPS) is 11.3. The maximum Gasteiger partial charge on any atom is 0.218 e. The fourth-order valence-electron chi connectivity index (χ4n) is 2.65. The standard InChI is InChI=1S/C23H26N4O2/c1-17(2)29-21-12-10-20(11-13-21)27-23(24)26-15-19-9-6-14-25-22(19)28-16-18-7-4-3-5-8-18/h3-14,17H,15-16H2,1-2H3,(H3,24,26,27). The first-order chi connectivity index (χ1) is 14.1. The zero-order valence-corrected chi connectivity index (χ0v) is 16.7. The summed E-state index contributed by atoms with van der Waals surface area (Å²) >= 11 is 0. The third kappa shape index (κ3) is 6.53. The zero-order valence-electron chi connectivity index (χ0n) is 16.7. The Bertz CT molecular complexity index is 925. The molecule has 0 spiro atoms. The van der Waals surface area contributed by atoms with E-state index in [9.17, 15) is 0 Å². The summed E-state index contributed by atoms with van der Waals surface area (Å²) in [5, 5.41) is 3.08. The first-order valence-electron chi connectivity index (χ1n) is 9.54. The summed E-state index contributed by atoms with van der Waals surface area (Å²) in [5.41, 5.74) is 8.83. The molecular formula is C23H26N4O2. The third-order valence-electron chi connectivity index (χ3n) is 3.99. The predicted octanol–water partition coefficient (Wildman–Crippen LogP) is 4.37. The summed E-state index contributed by atoms with van der Waals surface area (Å²) in [4.78, 5) is 8.73. The molecule has 0 unspecified atom stereocenters. The van der Waals surface area contributed by atoms with Gasteiger partial charge in [0.2, 0.25) is 5.88 Å². The molecule has 0 aliphatic carbocycles. The highest BCUT2D eigenvalue weighted by Crippen LogP contribution is 2.18. The van der Waals surface area contributed by atoms with Crippen LogP contribution in [0.3, 0.4) is 0 Å². The van der Waals surface area contributed by atoms with Crippen molar-refractivity contribution < 1.29 is 9.47 Å². The van der Waals surface area contributed by atoms with Gasteiger partial charge in [-0.1, -0.05) is 36.4 Å². The Morgan fingerprint density at radius 3 is 2.52 bits per heavy atom. The SMILES string of the molecule is CC(C)Oc1ccc(NC(N)=NCc2cccnc2OCc2ccccc2)cc1. The molecule has 0 fully saturated rings. The van der Waals surface area contributed by atoms with E-state index in [1.54, 1.807) is 6.20 Å². The van der Waals surface area contributed by atoms with Crippen LogP contribution in [0, 0.1) is 0 Å². The molecule has 0 aliphatic heterocycles. The smallest absolute Gasteiger partial charge is 0.218 e. The Morgan fingerprint density at radius 1 is 1.03 bits per heavy atom. The number of rotatable bonds is 8. The van der Waals surface area contributed by atoms with Crippen LogP contribution in [0.1, 0.15) is 25.0 Å². The molecule has 150 valence electrons. The van der Waals surface area contributed by atoms with Crippen LogP contribution in [0.25, 0.3) is 0 Å². The minimum Gasteiger partial charge on any atom is -0.491 e. The summed E-state index contributed by atoms with van der Waals surface area (Å²) in [6, 6.07) is 21.4. The summed E-state index contributed by atoms with van der Waals surface area (Å²) in [6.45, 7) is 4.80. The molecule has 0 saturated carbocycles. The van der Waals surface area contributed by atoms with Crippen molar-refractivity contribution in [2.75, 3.05) is 5.32 Å². The van der Waals surface area contributed by atoms with Crippen LogP contribution in [-0.4, -0.2) is 17.0 Å². The van der Waals surface area contributed by atoms with Crippen molar-refractivity contribution in [3.8, 4) is 11.6 Å². The number of nitrogens with zero attached hydrogens (tertiary/aromatic N) is 2. The highest BCUT2D eigenvalue weighted by molar-refractivity contribution is 5.92. The number of hydrogen-bond donors (Lipinski definition) is 2. The number of nitrogens with two attached hydrogens (primary N) is 1. The highest BCUT2D eigenvalue weighted by atomic mass is 16.5. The molecule has 6 nitrogen and oxygen atoms in total. The molecule has 0 aliphatic rings. The van der Waals surface area contributed by atoms with E-state index in [0.29, 0.717) is 25.0 Å². The summed E-state index contributed by atoms with van der Waals surface area (Å²) in [6.07, 6.45) is 1.84. The van der Waals surface area contributed by atoms with Gasteiger partial charge in [-0.05, 0) is 49.7 Å². The van der Waals surface area contributed by atoms with Gasteiger partial charge in [0.15, 0.2) is 5.96 Å². The average molecular weight is 390 g/mol. The molecule has 0 saturated heterocycles. The van der Waals surface area contributed by atoms with Crippen molar-refractivity contribution in [1.29, 1.82) is 0 Å². The topological polar surface area (TPSA) is 81.8 Å². The second kappa shape index (κ2) is 10.1. The fraction of sp³-hybridized carbons (Fsp3) is 0.217. The van der Waals surface area contributed by atoms with Crippen LogP contribution in [0.2, 0.25) is 0 Å². The minimum absolute atomic E-state index is 0.137. The molecule has 0 atom stereocenters. The molecule has 3 rings (SSSR count). The van der Waals surface area contributed by atoms with Gasteiger partial charge in [0.25, 0.3) is 0 Å². The van der Waals surface area contributed by atoms with Crippen LogP contribution in [0.15, 0.2) is 77.9 Å². The van der Waals surface area contributed by atoms with Gasteiger partial charge in [-0.25, -0.2) is 9.98 Å². The number of aromatic nitrogens is 1. The van der Waals surface area contributed by atoms with Crippen molar-refractivity contribution in [3.05, 3.63) is 84.1 Å². The number of benzene rings is 2. The second-order valence-corrected chi connectivity index (χ2v) is 6.76. The van der Waals surface area contributed by atoms with Crippen LogP contribution in [-0.2, 0) is 13.2 Å². The molecular weight excluding hydrogens is 364 g/mol. The lowest BCUT2D eigenvalue weighted by atomic mass is 10.2. The third-order valence-corrected chi connectivity index (χ3v) is 3.99. The lowest BCUT2D eigenvalue weighted by Crippen LogP contribution is -2.22. The van der Waals surface area contributed by atoms with E-state index in [-0.39, 0.29) is 6.10 Å². The molecule has 29 heavy (non-hydrogen) atoms. The van der Waals surface area contributed by atoms with Crippen molar-refractivity contribution >= 4 is 11.6 Å². The monoisotopic (exact) mass is 390 g/mol. The maximum atomic E-state index is 6.03. The molecule has 0 amide bonds. The van der Waals surface area contributed by atoms with Gasteiger partial charge in [0.05, 0.1) is 12.6 Å². The summed E-state index contributed by atoms with van der Waals surface area (Å²) in [7, 11) is 0. The number of nitrogens with one attached hydrogen (secondary N) is 1. The Labute approximate surface area is 171 Å². The number of anilines is 1. The number of hydrogen-bond acceptors (Lipinski definition) is 4. The van der Waals surface area contributed by atoms with Gasteiger partial charge < -0.3 is 20.5 Å². The number of aliphatic imine (C=N–C) groups is 1. The quantitative estimate of drug-likeness (QED) is 0.441. The average Bonchev–Trinajstić information content (AvgIpc) is 2.73. The van der Waals surface area contributed by atoms with Gasteiger partial charge in [-0.15, -0.1) is 0 Å². The van der Waals surface area contributed by atoms with Crippen molar-refractivity contribution in [3.63, 3.8) is 0 Å². The van der Waals surface area contributed by atoms with E-state index in [1.807, 2.05) is 80.6 Å². The molecule has 0 radical (unpaired) electrons. The number of guanidine groups is 1. The van der Waals surface area contributed by atoms with E-state index in [4.69, 9.17) is 15.2 Å². The van der Waals surface area contributed by atoms with Crippen molar-refractivity contribution in [1.82, 2.24) is 4.98 Å². The Hall–Kier alpha value is -3.54. The molecule has 2 aromatic carbocycles. The zero-order chi connectivity index (χ0) is 20.5. The Morgan fingerprint density at radius 2 is 1.79 bits per heavy atom. The predicted molar refractivity (Wildman–Crippen MR) is 116 cm³/mol. The van der Waals surface area contributed by atoms with Crippen LogP contribution < -0.4 is 20.5 Å². The van der Waals surface area contributed by atoms with Gasteiger partial charge in [-0.2, -0.15) is 0 Å². The summed E-state index contributed by atoms with van der Waals surface area (Å²) in [5.74, 6) is 1.69. The van der Waals surface area contributed by atoms with Crippen LogP contribution >= 0.6 is 0 Å². The van der Waals surface area contributed by atoms with Gasteiger partial charge >= 0.3 is 0 Å². The highest BCUT2D eigenvalue weighted by Gasteiger charge is 2.05. The molecule has 3 N–H and O–H groups in total. The maximum absolute atomic E-state index is 6.03. The van der Waals surface area contributed by atoms with Gasteiger partial charge in [0, 0.05) is 17.4 Å². The van der Waals surface area contributed by atoms with E-state index in [1.165, 1.54) is 0 Å². The van der Waals surface area contributed by atoms with E-state index < -0.39 is 0 Å². The molecule has 1 aromatic heterocycles. The largest absolute Gasteiger partial charge is 0.491 e. The lowest BCUT2D eigenvalue weighted by molar-refractivity contribution is 0.242. The first-order valence-corrected chi connectivity index (χ1v) is 9.54. The van der Waals surface area contributed by atoms with E-state index in [0.717, 1.165) is 22.6 Å². The summed E-state index contributed by atoms with van der Waals surface area (Å²) < 4.78 is 11.5. The Balaban J connectivity index is 1.59. The van der Waals surface area contributed by atoms with E-state index >= 15 is 0 Å². The minimum atomic E-state index is 0.137. The van der Waals surface area contributed by atoms with Crippen molar-refractivity contribution in [2.24, 2.45) is 10.7 Å². The molecule has 3 aromatic rings. The van der Waals surface area contributed by atoms with Crippen LogP contribution in [0.4, 0.5) is 5.69 Å². The molecule has 6 heteroatoms. The van der Waals surface area contributed by atoms with Crippen molar-refractivity contribution in [2.45, 2.75) is 33.1 Å².